The summed E-state index contributed by atoms with van der Waals surface area (Å²) in [7, 11) is 0. The normalized spacial score (nSPS) is 12.3. The van der Waals surface area contributed by atoms with Gasteiger partial charge >= 0.3 is 5.91 Å². The lowest BCUT2D eigenvalue weighted by Gasteiger charge is -2.04. The molecule has 0 unspecified atom stereocenters. The van der Waals surface area contributed by atoms with E-state index in [9.17, 15) is 4.79 Å². The molecule has 7 heteroatoms. The third-order valence-corrected chi connectivity index (χ3v) is 3.26. The molecule has 0 saturated carbocycles. The molecule has 0 bridgehead atoms. The van der Waals surface area contributed by atoms with Crippen LogP contribution in [0.5, 0.6) is 0 Å². The Kier molecular flexibility index (Phi) is 3.77. The lowest BCUT2D eigenvalue weighted by Crippen LogP contribution is -2.28. The summed E-state index contributed by atoms with van der Waals surface area (Å²) >= 11 is 0. The highest BCUT2D eigenvalue weighted by Gasteiger charge is 2.17. The summed E-state index contributed by atoms with van der Waals surface area (Å²) in [5, 5.41) is 4.28. The Morgan fingerprint density at radius 2 is 2.00 bits per heavy atom. The molecule has 3 rings (SSSR count). The van der Waals surface area contributed by atoms with Crippen LogP contribution in [0.4, 0.5) is 0 Å². The first-order valence-corrected chi connectivity index (χ1v) is 7.43. The largest absolute Gasteiger partial charge is 0.303 e. The number of nitrogens with zero attached hydrogens (tertiary/aromatic N) is 6. The summed E-state index contributed by atoms with van der Waals surface area (Å²) in [4.78, 5) is 25.8. The van der Waals surface area contributed by atoms with Crippen molar-refractivity contribution in [1.82, 2.24) is 24.1 Å². The first-order valence-electron chi connectivity index (χ1n) is 7.43. The van der Waals surface area contributed by atoms with Gasteiger partial charge in [0.2, 0.25) is 5.82 Å². The van der Waals surface area contributed by atoms with Gasteiger partial charge in [0, 0.05) is 23.6 Å². The molecule has 0 amide bonds. The van der Waals surface area contributed by atoms with Gasteiger partial charge in [0.25, 0.3) is 5.78 Å². The molecular formula is C16H18N6O. The fourth-order valence-electron chi connectivity index (χ4n) is 2.34. The molecule has 0 atom stereocenters. The van der Waals surface area contributed by atoms with Gasteiger partial charge in [-0.15, -0.1) is 5.10 Å². The maximum atomic E-state index is 12.8. The van der Waals surface area contributed by atoms with Crippen molar-refractivity contribution >= 4 is 11.7 Å². The second kappa shape index (κ2) is 5.75. The molecular weight excluding hydrogens is 292 g/mol. The smallest absolute Gasteiger partial charge is 0.265 e. The molecule has 118 valence electrons. The molecule has 3 heterocycles. The number of hydrogen-bond acceptors (Lipinski definition) is 5. The number of carbonyl (C=O) groups is 1. The third-order valence-electron chi connectivity index (χ3n) is 3.26. The summed E-state index contributed by atoms with van der Waals surface area (Å²) < 4.78 is 3.03. The molecule has 3 aromatic heterocycles. The number of aromatic nitrogens is 5. The Labute approximate surface area is 133 Å². The van der Waals surface area contributed by atoms with E-state index in [4.69, 9.17) is 0 Å². The highest BCUT2D eigenvalue weighted by Crippen LogP contribution is 2.06. The Morgan fingerprint density at radius 3 is 2.74 bits per heavy atom. The summed E-state index contributed by atoms with van der Waals surface area (Å²) in [6.45, 7) is 7.70. The van der Waals surface area contributed by atoms with Crippen LogP contribution in [-0.2, 0) is 0 Å². The van der Waals surface area contributed by atoms with Gasteiger partial charge in [-0.05, 0) is 45.9 Å². The Hall–Kier alpha value is -2.83. The standard InChI is InChI=1S/C16H18N6O/c1-10(2)17-13-7-5-6-8-21(13)15(23)14-19-16-18-11(3)9-12(4)22(16)20-14/h5-10H,1-4H3. The van der Waals surface area contributed by atoms with Crippen LogP contribution in [0.15, 0.2) is 35.5 Å². The van der Waals surface area contributed by atoms with Crippen molar-refractivity contribution in [3.8, 4) is 0 Å². The topological polar surface area (TPSA) is 77.4 Å². The van der Waals surface area contributed by atoms with Gasteiger partial charge in [-0.2, -0.15) is 4.98 Å². The average molecular weight is 310 g/mol. The van der Waals surface area contributed by atoms with Gasteiger partial charge < -0.3 is 0 Å². The SMILES string of the molecule is Cc1cc(C)n2nc(C(=O)n3ccccc3=NC(C)C)nc2n1. The van der Waals surface area contributed by atoms with Crippen LogP contribution in [0.3, 0.4) is 0 Å². The van der Waals surface area contributed by atoms with E-state index in [2.05, 4.69) is 20.1 Å². The van der Waals surface area contributed by atoms with Gasteiger partial charge in [0.1, 0.15) is 5.49 Å². The lowest BCUT2D eigenvalue weighted by atomic mass is 10.4. The van der Waals surface area contributed by atoms with Crippen LogP contribution < -0.4 is 5.49 Å². The summed E-state index contributed by atoms with van der Waals surface area (Å²) in [5.74, 6) is 0.194. The first kappa shape index (κ1) is 15.1. The van der Waals surface area contributed by atoms with E-state index in [1.807, 2.05) is 39.8 Å². The zero-order valence-electron chi connectivity index (χ0n) is 13.6. The maximum absolute atomic E-state index is 12.8. The monoisotopic (exact) mass is 310 g/mol. The second-order valence-corrected chi connectivity index (χ2v) is 5.64. The fraction of sp³-hybridized carbons (Fsp3) is 0.312. The lowest BCUT2D eigenvalue weighted by molar-refractivity contribution is 0.0944. The molecule has 0 aliphatic heterocycles. The molecule has 0 aliphatic carbocycles. The average Bonchev–Trinajstić information content (AvgIpc) is 2.90. The van der Waals surface area contributed by atoms with Crippen molar-refractivity contribution in [3.05, 3.63) is 53.2 Å². The van der Waals surface area contributed by atoms with E-state index in [1.54, 1.807) is 22.8 Å². The third kappa shape index (κ3) is 2.90. The van der Waals surface area contributed by atoms with Crippen LogP contribution in [0.25, 0.3) is 5.78 Å². The number of aryl methyl sites for hydroxylation is 2. The van der Waals surface area contributed by atoms with E-state index in [0.29, 0.717) is 11.3 Å². The predicted octanol–water partition coefficient (Wildman–Crippen LogP) is 1.54. The molecule has 0 spiro atoms. The minimum Gasteiger partial charge on any atom is -0.265 e. The summed E-state index contributed by atoms with van der Waals surface area (Å²) in [6, 6.07) is 7.39. The Morgan fingerprint density at radius 1 is 1.22 bits per heavy atom. The van der Waals surface area contributed by atoms with E-state index >= 15 is 0 Å². The highest BCUT2D eigenvalue weighted by molar-refractivity contribution is 5.92. The number of rotatable bonds is 2. The number of carbonyl (C=O) groups excluding carboxylic acids is 1. The van der Waals surface area contributed by atoms with Crippen molar-refractivity contribution in [2.45, 2.75) is 33.7 Å². The Bertz CT molecular complexity index is 951. The molecule has 3 aromatic rings. The number of hydrogen-bond donors (Lipinski definition) is 0. The minimum absolute atomic E-state index is 0.0806. The molecule has 23 heavy (non-hydrogen) atoms. The number of fused-ring (bicyclic) bond motifs is 1. The molecule has 0 aromatic carbocycles. The van der Waals surface area contributed by atoms with Crippen molar-refractivity contribution in [3.63, 3.8) is 0 Å². The molecule has 0 aliphatic rings. The summed E-state index contributed by atoms with van der Waals surface area (Å²) in [6.07, 6.45) is 1.67. The highest BCUT2D eigenvalue weighted by atomic mass is 16.2. The second-order valence-electron chi connectivity index (χ2n) is 5.64. The molecule has 0 fully saturated rings. The van der Waals surface area contributed by atoms with Crippen LogP contribution in [0.2, 0.25) is 0 Å². The van der Waals surface area contributed by atoms with E-state index in [1.165, 1.54) is 4.57 Å². The zero-order chi connectivity index (χ0) is 16.6. The maximum Gasteiger partial charge on any atom is 0.303 e. The van der Waals surface area contributed by atoms with Crippen LogP contribution in [0, 0.1) is 13.8 Å². The first-order chi connectivity index (χ1) is 11.0. The van der Waals surface area contributed by atoms with Crippen molar-refractivity contribution < 1.29 is 4.79 Å². The van der Waals surface area contributed by atoms with E-state index < -0.39 is 0 Å². The zero-order valence-corrected chi connectivity index (χ0v) is 13.6. The van der Waals surface area contributed by atoms with Crippen LogP contribution in [-0.4, -0.2) is 36.1 Å². The van der Waals surface area contributed by atoms with Crippen molar-refractivity contribution in [2.75, 3.05) is 0 Å². The number of pyridine rings is 1. The van der Waals surface area contributed by atoms with Gasteiger partial charge in [-0.25, -0.2) is 9.50 Å². The van der Waals surface area contributed by atoms with Crippen LogP contribution >= 0.6 is 0 Å². The van der Waals surface area contributed by atoms with E-state index in [0.717, 1.165) is 11.4 Å². The van der Waals surface area contributed by atoms with Gasteiger partial charge in [-0.1, -0.05) is 6.07 Å². The Balaban J connectivity index is 2.14. The van der Waals surface area contributed by atoms with Gasteiger partial charge in [0.15, 0.2) is 0 Å². The van der Waals surface area contributed by atoms with Crippen molar-refractivity contribution in [2.24, 2.45) is 4.99 Å². The summed E-state index contributed by atoms with van der Waals surface area (Å²) in [5.41, 5.74) is 2.29. The van der Waals surface area contributed by atoms with Gasteiger partial charge in [-0.3, -0.25) is 14.4 Å². The molecule has 0 saturated heterocycles. The fourth-order valence-corrected chi connectivity index (χ4v) is 2.34. The molecule has 7 nitrogen and oxygen atoms in total. The van der Waals surface area contributed by atoms with Crippen LogP contribution in [0.1, 0.15) is 35.9 Å². The predicted molar refractivity (Wildman–Crippen MR) is 85.1 cm³/mol. The van der Waals surface area contributed by atoms with Gasteiger partial charge in [0.05, 0.1) is 0 Å². The minimum atomic E-state index is -0.326. The molecule has 0 radical (unpaired) electrons. The quantitative estimate of drug-likeness (QED) is 0.719. The molecule has 0 N–H and O–H groups in total. The van der Waals surface area contributed by atoms with Crippen molar-refractivity contribution in [1.29, 1.82) is 0 Å². The van der Waals surface area contributed by atoms with E-state index in [-0.39, 0.29) is 17.8 Å².